The van der Waals surface area contributed by atoms with Crippen LogP contribution in [0.5, 0.6) is 0 Å². The van der Waals surface area contributed by atoms with Crippen LogP contribution in [0.15, 0.2) is 30.7 Å². The van der Waals surface area contributed by atoms with E-state index in [0.29, 0.717) is 0 Å². The zero-order valence-corrected chi connectivity index (χ0v) is 15.4. The molecule has 2 atom stereocenters. The van der Waals surface area contributed by atoms with Crippen LogP contribution >= 0.6 is 0 Å². The number of hydrogen-bond donors (Lipinski definition) is 0. The van der Waals surface area contributed by atoms with Gasteiger partial charge in [0, 0.05) is 12.1 Å². The van der Waals surface area contributed by atoms with E-state index < -0.39 is 12.4 Å². The molecular weight excluding hydrogens is 316 g/mol. The van der Waals surface area contributed by atoms with E-state index in [-0.39, 0.29) is 12.0 Å². The zero-order valence-electron chi connectivity index (χ0n) is 15.4. The fraction of sp³-hybridized carbons (Fsp3) is 0.500. The molecule has 2 aromatic rings. The third-order valence-corrected chi connectivity index (χ3v) is 5.18. The van der Waals surface area contributed by atoms with Crippen molar-refractivity contribution >= 4 is 6.16 Å². The van der Waals surface area contributed by atoms with Crippen LogP contribution in [-0.4, -0.2) is 21.8 Å². The summed E-state index contributed by atoms with van der Waals surface area (Å²) in [5.74, 6) is 0.176. The van der Waals surface area contributed by atoms with Gasteiger partial charge in [-0.2, -0.15) is 0 Å². The van der Waals surface area contributed by atoms with Gasteiger partial charge in [0.1, 0.15) is 6.10 Å². The molecule has 0 bridgehead atoms. The third-order valence-electron chi connectivity index (χ3n) is 5.18. The van der Waals surface area contributed by atoms with Gasteiger partial charge in [0.25, 0.3) is 0 Å². The average molecular weight is 342 g/mol. The number of carbonyl (C=O) groups excluding carboxylic acids is 1. The predicted octanol–water partition coefficient (Wildman–Crippen LogP) is 4.88. The lowest BCUT2D eigenvalue weighted by atomic mass is 9.92. The van der Waals surface area contributed by atoms with E-state index in [9.17, 15) is 4.79 Å². The van der Waals surface area contributed by atoms with Crippen molar-refractivity contribution in [2.24, 2.45) is 0 Å². The maximum atomic E-state index is 11.8. The molecule has 1 aromatic carbocycles. The molecule has 1 fully saturated rings. The molecule has 1 saturated carbocycles. The Balaban J connectivity index is 1.66. The molecule has 5 heteroatoms. The summed E-state index contributed by atoms with van der Waals surface area (Å²) in [6, 6.07) is 6.34. The number of nitrogens with zero attached hydrogens (tertiary/aromatic N) is 2. The van der Waals surface area contributed by atoms with E-state index in [1.807, 2.05) is 13.1 Å². The standard InChI is InChI=1S/C20H26N2O3/c1-13-7-5-10-18(14(13)2)15(3)19-11-22(12-21-19)16(4)24-20(23)25-17-8-6-9-17/h5,7,10-12,15-17H,6,8-9H2,1-4H3/t15-,16?/m0/s1. The molecule has 0 aliphatic heterocycles. The van der Waals surface area contributed by atoms with Crippen molar-refractivity contribution in [2.45, 2.75) is 65.2 Å². The Hall–Kier alpha value is -2.30. The van der Waals surface area contributed by atoms with E-state index in [1.54, 1.807) is 10.9 Å². The van der Waals surface area contributed by atoms with Crippen molar-refractivity contribution in [3.63, 3.8) is 0 Å². The van der Waals surface area contributed by atoms with Crippen molar-refractivity contribution in [1.29, 1.82) is 0 Å². The highest BCUT2D eigenvalue weighted by Crippen LogP contribution is 2.28. The van der Waals surface area contributed by atoms with Crippen molar-refractivity contribution < 1.29 is 14.3 Å². The van der Waals surface area contributed by atoms with E-state index in [2.05, 4.69) is 44.0 Å². The van der Waals surface area contributed by atoms with Crippen molar-refractivity contribution in [3.8, 4) is 0 Å². The smallest absolute Gasteiger partial charge is 0.431 e. The summed E-state index contributed by atoms with van der Waals surface area (Å²) in [4.78, 5) is 16.3. The van der Waals surface area contributed by atoms with Crippen molar-refractivity contribution in [2.75, 3.05) is 0 Å². The van der Waals surface area contributed by atoms with Crippen LogP contribution in [0.1, 0.15) is 67.6 Å². The molecule has 1 aliphatic rings. The third kappa shape index (κ3) is 3.86. The number of imidazole rings is 1. The van der Waals surface area contributed by atoms with Gasteiger partial charge in [-0.05, 0) is 56.7 Å². The fourth-order valence-corrected chi connectivity index (χ4v) is 3.03. The Morgan fingerprint density at radius 2 is 2.04 bits per heavy atom. The Bertz CT molecular complexity index is 749. The molecule has 0 amide bonds. The first kappa shape index (κ1) is 17.5. The molecule has 1 aromatic heterocycles. The quantitative estimate of drug-likeness (QED) is 0.727. The van der Waals surface area contributed by atoms with Crippen LogP contribution in [0.25, 0.3) is 0 Å². The summed E-state index contributed by atoms with van der Waals surface area (Å²) in [5.41, 5.74) is 4.79. The minimum absolute atomic E-state index is 0.0300. The Morgan fingerprint density at radius 1 is 1.28 bits per heavy atom. The van der Waals surface area contributed by atoms with Crippen LogP contribution in [0, 0.1) is 13.8 Å². The van der Waals surface area contributed by atoms with Gasteiger partial charge in [0.15, 0.2) is 6.23 Å². The highest BCUT2D eigenvalue weighted by molar-refractivity contribution is 5.60. The topological polar surface area (TPSA) is 53.4 Å². The number of rotatable bonds is 5. The highest BCUT2D eigenvalue weighted by atomic mass is 16.7. The van der Waals surface area contributed by atoms with Gasteiger partial charge >= 0.3 is 6.16 Å². The van der Waals surface area contributed by atoms with Crippen LogP contribution in [0.3, 0.4) is 0 Å². The van der Waals surface area contributed by atoms with Gasteiger partial charge in [0.05, 0.1) is 12.0 Å². The zero-order chi connectivity index (χ0) is 18.0. The fourth-order valence-electron chi connectivity index (χ4n) is 3.03. The summed E-state index contributed by atoms with van der Waals surface area (Å²) in [5, 5.41) is 0. The number of benzene rings is 1. The van der Waals surface area contributed by atoms with Crippen molar-refractivity contribution in [1.82, 2.24) is 9.55 Å². The number of carbonyl (C=O) groups is 1. The van der Waals surface area contributed by atoms with Crippen LogP contribution in [0.4, 0.5) is 4.79 Å². The maximum Gasteiger partial charge on any atom is 0.510 e. The molecule has 0 spiro atoms. The van der Waals surface area contributed by atoms with Gasteiger partial charge < -0.3 is 14.0 Å². The SMILES string of the molecule is Cc1cccc([C@H](C)c2cn(C(C)OC(=O)OC3CCC3)cn2)c1C. The van der Waals surface area contributed by atoms with E-state index in [0.717, 1.165) is 25.0 Å². The monoisotopic (exact) mass is 342 g/mol. The molecule has 5 nitrogen and oxygen atoms in total. The normalized spacial score (nSPS) is 16.8. The van der Waals surface area contributed by atoms with Gasteiger partial charge in [0.2, 0.25) is 0 Å². The molecule has 1 unspecified atom stereocenters. The molecular formula is C20H26N2O3. The van der Waals surface area contributed by atoms with Gasteiger partial charge in [-0.3, -0.25) is 0 Å². The Labute approximate surface area is 149 Å². The number of aromatic nitrogens is 2. The lowest BCUT2D eigenvalue weighted by Gasteiger charge is -2.25. The average Bonchev–Trinajstić information content (AvgIpc) is 3.03. The van der Waals surface area contributed by atoms with E-state index >= 15 is 0 Å². The van der Waals surface area contributed by atoms with E-state index in [4.69, 9.17) is 9.47 Å². The number of hydrogen-bond acceptors (Lipinski definition) is 4. The molecule has 1 aliphatic carbocycles. The van der Waals surface area contributed by atoms with Gasteiger partial charge in [-0.15, -0.1) is 0 Å². The summed E-state index contributed by atoms with van der Waals surface area (Å²) in [6.45, 7) is 8.22. The van der Waals surface area contributed by atoms with Gasteiger partial charge in [-0.1, -0.05) is 25.1 Å². The van der Waals surface area contributed by atoms with Crippen LogP contribution < -0.4 is 0 Å². The largest absolute Gasteiger partial charge is 0.510 e. The predicted molar refractivity (Wildman–Crippen MR) is 95.6 cm³/mol. The molecule has 0 N–H and O–H groups in total. The Kier molecular flexibility index (Phi) is 5.11. The molecule has 3 rings (SSSR count). The molecule has 0 radical (unpaired) electrons. The molecule has 1 heterocycles. The summed E-state index contributed by atoms with van der Waals surface area (Å²) >= 11 is 0. The number of aryl methyl sites for hydroxylation is 1. The molecule has 0 saturated heterocycles. The second-order valence-corrected chi connectivity index (χ2v) is 6.89. The first-order chi connectivity index (χ1) is 12.0. The Morgan fingerprint density at radius 3 is 2.72 bits per heavy atom. The van der Waals surface area contributed by atoms with Gasteiger partial charge in [-0.25, -0.2) is 9.78 Å². The summed E-state index contributed by atoms with van der Waals surface area (Å²) in [7, 11) is 0. The summed E-state index contributed by atoms with van der Waals surface area (Å²) in [6.07, 6.45) is 5.62. The lowest BCUT2D eigenvalue weighted by Crippen LogP contribution is -2.26. The molecule has 134 valence electrons. The minimum Gasteiger partial charge on any atom is -0.431 e. The van der Waals surface area contributed by atoms with Crippen LogP contribution in [-0.2, 0) is 9.47 Å². The molecule has 25 heavy (non-hydrogen) atoms. The number of ether oxygens (including phenoxy) is 2. The second kappa shape index (κ2) is 7.30. The first-order valence-corrected chi connectivity index (χ1v) is 8.92. The second-order valence-electron chi connectivity index (χ2n) is 6.89. The van der Waals surface area contributed by atoms with Crippen LogP contribution in [0.2, 0.25) is 0 Å². The lowest BCUT2D eigenvalue weighted by molar-refractivity contribution is -0.0356. The first-order valence-electron chi connectivity index (χ1n) is 8.92. The minimum atomic E-state index is -0.602. The van der Waals surface area contributed by atoms with E-state index in [1.165, 1.54) is 16.7 Å². The highest BCUT2D eigenvalue weighted by Gasteiger charge is 2.24. The maximum absolute atomic E-state index is 11.8. The summed E-state index contributed by atoms with van der Waals surface area (Å²) < 4.78 is 12.4. The van der Waals surface area contributed by atoms with Crippen molar-refractivity contribution in [3.05, 3.63) is 53.1 Å².